The zero-order valence-electron chi connectivity index (χ0n) is 17.0. The Labute approximate surface area is 179 Å². The lowest BCUT2D eigenvalue weighted by Crippen LogP contribution is -2.15. The normalized spacial score (nSPS) is 11.8. The molecule has 31 heavy (non-hydrogen) atoms. The molecule has 2 aromatic carbocycles. The highest BCUT2D eigenvalue weighted by Gasteiger charge is 2.21. The molecule has 2 aromatic heterocycles. The van der Waals surface area contributed by atoms with Gasteiger partial charge in [-0.05, 0) is 36.3 Å². The van der Waals surface area contributed by atoms with Crippen LogP contribution in [0.5, 0.6) is 0 Å². The number of aliphatic hydroxyl groups excluding tert-OH is 1. The first kappa shape index (κ1) is 20.3. The minimum Gasteiger partial charge on any atom is -0.442 e. The fourth-order valence-electron chi connectivity index (χ4n) is 3.53. The van der Waals surface area contributed by atoms with E-state index >= 15 is 0 Å². The second-order valence-corrected chi connectivity index (χ2v) is 7.00. The number of hydrogen-bond acceptors (Lipinski definition) is 6. The number of furan rings is 1. The SMILES string of the molecule is C=CC(=O)Nc1cccc(-c2c(C)oc3ncnc(N[C@H](CO)c4ccccc4)c23)c1. The van der Waals surface area contributed by atoms with E-state index in [1.165, 1.54) is 12.4 Å². The van der Waals surface area contributed by atoms with Crippen molar-refractivity contribution in [1.29, 1.82) is 0 Å². The predicted octanol–water partition coefficient (Wildman–Crippen LogP) is 4.47. The average molecular weight is 414 g/mol. The fourth-order valence-corrected chi connectivity index (χ4v) is 3.53. The van der Waals surface area contributed by atoms with Crippen molar-refractivity contribution < 1.29 is 14.3 Å². The first-order valence-corrected chi connectivity index (χ1v) is 9.81. The van der Waals surface area contributed by atoms with Crippen LogP contribution in [0.25, 0.3) is 22.2 Å². The van der Waals surface area contributed by atoms with Gasteiger partial charge in [0.25, 0.3) is 0 Å². The van der Waals surface area contributed by atoms with Crippen LogP contribution in [0.1, 0.15) is 17.4 Å². The van der Waals surface area contributed by atoms with Crippen LogP contribution >= 0.6 is 0 Å². The maximum absolute atomic E-state index is 11.7. The van der Waals surface area contributed by atoms with Crippen LogP contribution in [-0.2, 0) is 4.79 Å². The molecule has 0 aliphatic heterocycles. The van der Waals surface area contributed by atoms with Gasteiger partial charge in [-0.3, -0.25) is 4.79 Å². The molecule has 7 heteroatoms. The number of hydrogen-bond donors (Lipinski definition) is 3. The van der Waals surface area contributed by atoms with Crippen molar-refractivity contribution in [3.8, 4) is 11.1 Å². The third kappa shape index (κ3) is 4.17. The number of aromatic nitrogens is 2. The highest BCUT2D eigenvalue weighted by Crippen LogP contribution is 2.38. The molecule has 4 aromatic rings. The number of carbonyl (C=O) groups excluding carboxylic acids is 1. The van der Waals surface area contributed by atoms with Gasteiger partial charge < -0.3 is 20.2 Å². The molecule has 0 aliphatic carbocycles. The van der Waals surface area contributed by atoms with Gasteiger partial charge in [0, 0.05) is 11.3 Å². The number of carbonyl (C=O) groups is 1. The molecule has 0 fully saturated rings. The largest absolute Gasteiger partial charge is 0.442 e. The molecular formula is C24H22N4O3. The van der Waals surface area contributed by atoms with E-state index in [2.05, 4.69) is 27.2 Å². The lowest BCUT2D eigenvalue weighted by atomic mass is 10.0. The molecule has 0 bridgehead atoms. The molecule has 1 atom stereocenters. The molecule has 0 aliphatic rings. The first-order valence-electron chi connectivity index (χ1n) is 9.81. The van der Waals surface area contributed by atoms with Crippen LogP contribution in [0.2, 0.25) is 0 Å². The number of benzene rings is 2. The van der Waals surface area contributed by atoms with Gasteiger partial charge in [0.2, 0.25) is 11.6 Å². The predicted molar refractivity (Wildman–Crippen MR) is 121 cm³/mol. The molecule has 2 heterocycles. The van der Waals surface area contributed by atoms with Gasteiger partial charge in [0.15, 0.2) is 0 Å². The van der Waals surface area contributed by atoms with Crippen molar-refractivity contribution in [2.45, 2.75) is 13.0 Å². The molecule has 7 nitrogen and oxygen atoms in total. The molecule has 0 spiro atoms. The molecular weight excluding hydrogens is 392 g/mol. The highest BCUT2D eigenvalue weighted by molar-refractivity contribution is 6.03. The van der Waals surface area contributed by atoms with Gasteiger partial charge in [0.1, 0.15) is 17.9 Å². The maximum atomic E-state index is 11.7. The lowest BCUT2D eigenvalue weighted by Gasteiger charge is -2.18. The Morgan fingerprint density at radius 3 is 2.74 bits per heavy atom. The average Bonchev–Trinajstić information content (AvgIpc) is 3.14. The van der Waals surface area contributed by atoms with Crippen LogP contribution in [0.4, 0.5) is 11.5 Å². The summed E-state index contributed by atoms with van der Waals surface area (Å²) in [4.78, 5) is 20.4. The Morgan fingerprint density at radius 1 is 1.19 bits per heavy atom. The molecule has 1 amide bonds. The monoisotopic (exact) mass is 414 g/mol. The zero-order chi connectivity index (χ0) is 21.8. The third-order valence-corrected chi connectivity index (χ3v) is 4.96. The van der Waals surface area contributed by atoms with Crippen molar-refractivity contribution in [2.24, 2.45) is 0 Å². The van der Waals surface area contributed by atoms with Gasteiger partial charge in [-0.2, -0.15) is 0 Å². The number of fused-ring (bicyclic) bond motifs is 1. The van der Waals surface area contributed by atoms with Crippen LogP contribution < -0.4 is 10.6 Å². The van der Waals surface area contributed by atoms with Crippen LogP contribution in [-0.4, -0.2) is 27.6 Å². The van der Waals surface area contributed by atoms with E-state index in [-0.39, 0.29) is 18.6 Å². The van der Waals surface area contributed by atoms with E-state index in [1.807, 2.05) is 55.5 Å². The fraction of sp³-hybridized carbons (Fsp3) is 0.125. The molecule has 156 valence electrons. The van der Waals surface area contributed by atoms with Crippen LogP contribution in [0.15, 0.2) is 78.0 Å². The Morgan fingerprint density at radius 2 is 2.00 bits per heavy atom. The van der Waals surface area contributed by atoms with Crippen molar-refractivity contribution >= 4 is 28.5 Å². The van der Waals surface area contributed by atoms with Crippen molar-refractivity contribution in [3.05, 3.63) is 84.9 Å². The second-order valence-electron chi connectivity index (χ2n) is 7.00. The number of rotatable bonds is 7. The Bertz CT molecular complexity index is 1230. The van der Waals surface area contributed by atoms with Gasteiger partial charge >= 0.3 is 0 Å². The van der Waals surface area contributed by atoms with Crippen molar-refractivity contribution in [1.82, 2.24) is 9.97 Å². The van der Waals surface area contributed by atoms with Gasteiger partial charge in [-0.25, -0.2) is 9.97 Å². The minimum atomic E-state index is -0.347. The number of aryl methyl sites for hydroxylation is 1. The quantitative estimate of drug-likeness (QED) is 0.386. The lowest BCUT2D eigenvalue weighted by molar-refractivity contribution is -0.111. The summed E-state index contributed by atoms with van der Waals surface area (Å²) in [5.41, 5.74) is 3.68. The van der Waals surface area contributed by atoms with Gasteiger partial charge in [-0.1, -0.05) is 49.0 Å². The van der Waals surface area contributed by atoms with Crippen molar-refractivity contribution in [2.75, 3.05) is 17.2 Å². The van der Waals surface area contributed by atoms with Gasteiger partial charge in [0.05, 0.1) is 18.0 Å². The maximum Gasteiger partial charge on any atom is 0.247 e. The summed E-state index contributed by atoms with van der Waals surface area (Å²) in [6, 6.07) is 16.8. The third-order valence-electron chi connectivity index (χ3n) is 4.96. The number of amides is 1. The summed E-state index contributed by atoms with van der Waals surface area (Å²) in [6.07, 6.45) is 2.65. The Hall–Kier alpha value is -3.97. The smallest absolute Gasteiger partial charge is 0.247 e. The topological polar surface area (TPSA) is 100 Å². The molecule has 0 unspecified atom stereocenters. The summed E-state index contributed by atoms with van der Waals surface area (Å²) < 4.78 is 5.90. The first-order chi connectivity index (χ1) is 15.1. The van der Waals surface area contributed by atoms with Gasteiger partial charge in [-0.15, -0.1) is 0 Å². The Kier molecular flexibility index (Phi) is 5.77. The van der Waals surface area contributed by atoms with E-state index in [0.717, 1.165) is 16.7 Å². The van der Waals surface area contributed by atoms with Crippen LogP contribution in [0.3, 0.4) is 0 Å². The van der Waals surface area contributed by atoms with E-state index < -0.39 is 0 Å². The summed E-state index contributed by atoms with van der Waals surface area (Å²) >= 11 is 0. The molecule has 0 radical (unpaired) electrons. The number of aliphatic hydroxyl groups is 1. The van der Waals surface area contributed by atoms with E-state index in [4.69, 9.17) is 4.42 Å². The van der Waals surface area contributed by atoms with E-state index in [0.29, 0.717) is 28.4 Å². The second kappa shape index (κ2) is 8.81. The number of anilines is 2. The standard InChI is InChI=1S/C24H22N4O3/c1-3-20(30)27-18-11-7-10-17(12-18)21-15(2)31-24-22(21)23(25-14-26-24)28-19(13-29)16-8-5-4-6-9-16/h3-12,14,19,29H,1,13H2,2H3,(H,27,30)(H,25,26,28)/t19-/m1/s1. The molecule has 4 rings (SSSR count). The van der Waals surface area contributed by atoms with E-state index in [1.54, 1.807) is 6.07 Å². The summed E-state index contributed by atoms with van der Waals surface area (Å²) in [5, 5.41) is 16.8. The minimum absolute atomic E-state index is 0.106. The number of nitrogens with zero attached hydrogens (tertiary/aromatic N) is 2. The summed E-state index contributed by atoms with van der Waals surface area (Å²) in [6.45, 7) is 5.24. The van der Waals surface area contributed by atoms with E-state index in [9.17, 15) is 9.90 Å². The molecule has 0 saturated heterocycles. The molecule has 3 N–H and O–H groups in total. The Balaban J connectivity index is 1.79. The summed E-state index contributed by atoms with van der Waals surface area (Å²) in [5.74, 6) is 0.941. The molecule has 0 saturated carbocycles. The van der Waals surface area contributed by atoms with Crippen LogP contribution in [0, 0.1) is 6.92 Å². The number of nitrogens with one attached hydrogen (secondary N) is 2. The zero-order valence-corrected chi connectivity index (χ0v) is 17.0. The highest BCUT2D eigenvalue weighted by atomic mass is 16.3. The summed E-state index contributed by atoms with van der Waals surface area (Å²) in [7, 11) is 0. The van der Waals surface area contributed by atoms with Crippen molar-refractivity contribution in [3.63, 3.8) is 0 Å².